The van der Waals surface area contributed by atoms with Gasteiger partial charge in [-0.2, -0.15) is 0 Å². The minimum Gasteiger partial charge on any atom is -0.329 e. The maximum atomic E-state index is 11.8. The Kier molecular flexibility index (Phi) is 2.44. The van der Waals surface area contributed by atoms with Crippen LogP contribution in [-0.2, 0) is 4.79 Å². The molecule has 1 amide bonds. The second kappa shape index (κ2) is 3.62. The lowest BCUT2D eigenvalue weighted by Crippen LogP contribution is -2.30. The first-order valence-corrected chi connectivity index (χ1v) is 5.09. The van der Waals surface area contributed by atoms with E-state index in [0.29, 0.717) is 6.54 Å². The van der Waals surface area contributed by atoms with Crippen LogP contribution in [0.25, 0.3) is 0 Å². The zero-order valence-corrected chi connectivity index (χ0v) is 8.79. The van der Waals surface area contributed by atoms with E-state index >= 15 is 0 Å². The SMILES string of the molecule is Cc1cncc(NC(=O)C2(CN)CC2)c1. The topological polar surface area (TPSA) is 68.0 Å². The summed E-state index contributed by atoms with van der Waals surface area (Å²) in [5, 5.41) is 2.86. The summed E-state index contributed by atoms with van der Waals surface area (Å²) >= 11 is 0. The Balaban J connectivity index is 2.06. The molecule has 0 unspecified atom stereocenters. The van der Waals surface area contributed by atoms with Crippen LogP contribution in [0.5, 0.6) is 0 Å². The number of amides is 1. The van der Waals surface area contributed by atoms with Gasteiger partial charge in [-0.25, -0.2) is 0 Å². The number of rotatable bonds is 3. The summed E-state index contributed by atoms with van der Waals surface area (Å²) in [5.41, 5.74) is 7.06. The van der Waals surface area contributed by atoms with Crippen molar-refractivity contribution in [2.24, 2.45) is 11.1 Å². The number of nitrogens with zero attached hydrogens (tertiary/aromatic N) is 1. The largest absolute Gasteiger partial charge is 0.329 e. The summed E-state index contributed by atoms with van der Waals surface area (Å²) in [6.45, 7) is 2.37. The van der Waals surface area contributed by atoms with E-state index in [2.05, 4.69) is 10.3 Å². The van der Waals surface area contributed by atoms with Crippen molar-refractivity contribution in [3.63, 3.8) is 0 Å². The fourth-order valence-electron chi connectivity index (χ4n) is 1.56. The third-order valence-corrected chi connectivity index (χ3v) is 2.86. The Labute approximate surface area is 88.9 Å². The second-order valence-corrected chi connectivity index (χ2v) is 4.19. The minimum absolute atomic E-state index is 0.0254. The predicted octanol–water partition coefficient (Wildman–Crippen LogP) is 1.07. The number of aryl methyl sites for hydroxylation is 1. The molecule has 3 N–H and O–H groups in total. The maximum absolute atomic E-state index is 11.8. The van der Waals surface area contributed by atoms with Gasteiger partial charge < -0.3 is 11.1 Å². The molecule has 1 aliphatic rings. The van der Waals surface area contributed by atoms with Crippen molar-refractivity contribution < 1.29 is 4.79 Å². The Morgan fingerprint density at radius 2 is 2.33 bits per heavy atom. The summed E-state index contributed by atoms with van der Waals surface area (Å²) in [6.07, 6.45) is 5.20. The molecule has 0 atom stereocenters. The van der Waals surface area contributed by atoms with Crippen LogP contribution in [0.1, 0.15) is 18.4 Å². The van der Waals surface area contributed by atoms with Crippen LogP contribution in [0.2, 0.25) is 0 Å². The average molecular weight is 205 g/mol. The van der Waals surface area contributed by atoms with Crippen LogP contribution in [0, 0.1) is 12.3 Å². The molecule has 15 heavy (non-hydrogen) atoms. The molecule has 1 aliphatic carbocycles. The number of nitrogens with two attached hydrogens (primary N) is 1. The minimum atomic E-state index is -0.302. The molecule has 2 rings (SSSR count). The highest BCUT2D eigenvalue weighted by molar-refractivity contribution is 5.97. The number of carbonyl (C=O) groups excluding carboxylic acids is 1. The van der Waals surface area contributed by atoms with E-state index in [0.717, 1.165) is 24.1 Å². The monoisotopic (exact) mass is 205 g/mol. The molecule has 80 valence electrons. The van der Waals surface area contributed by atoms with Gasteiger partial charge in [-0.3, -0.25) is 9.78 Å². The first kappa shape index (κ1) is 10.1. The summed E-state index contributed by atoms with van der Waals surface area (Å²) in [5.74, 6) is 0.0254. The number of pyridine rings is 1. The van der Waals surface area contributed by atoms with Crippen molar-refractivity contribution in [2.75, 3.05) is 11.9 Å². The van der Waals surface area contributed by atoms with Crippen LogP contribution in [-0.4, -0.2) is 17.4 Å². The van der Waals surface area contributed by atoms with Crippen molar-refractivity contribution in [3.8, 4) is 0 Å². The molecule has 1 saturated carbocycles. The van der Waals surface area contributed by atoms with Crippen LogP contribution in [0.4, 0.5) is 5.69 Å². The lowest BCUT2D eigenvalue weighted by Gasteiger charge is -2.12. The fraction of sp³-hybridized carbons (Fsp3) is 0.455. The Hall–Kier alpha value is -1.42. The molecule has 1 aromatic heterocycles. The molecule has 0 radical (unpaired) electrons. The lowest BCUT2D eigenvalue weighted by atomic mass is 10.1. The molecule has 1 aromatic rings. The summed E-state index contributed by atoms with van der Waals surface area (Å²) < 4.78 is 0. The summed E-state index contributed by atoms with van der Waals surface area (Å²) in [6, 6.07) is 1.90. The number of hydrogen-bond donors (Lipinski definition) is 2. The quantitative estimate of drug-likeness (QED) is 0.775. The first-order valence-electron chi connectivity index (χ1n) is 5.09. The molecule has 4 nitrogen and oxygen atoms in total. The van der Waals surface area contributed by atoms with Gasteiger partial charge in [0.05, 0.1) is 17.3 Å². The van der Waals surface area contributed by atoms with Crippen molar-refractivity contribution in [2.45, 2.75) is 19.8 Å². The van der Waals surface area contributed by atoms with Gasteiger partial charge >= 0.3 is 0 Å². The smallest absolute Gasteiger partial charge is 0.231 e. The molecular weight excluding hydrogens is 190 g/mol. The van der Waals surface area contributed by atoms with Crippen LogP contribution in [0.3, 0.4) is 0 Å². The number of carbonyl (C=O) groups is 1. The van der Waals surface area contributed by atoms with Gasteiger partial charge in [-0.1, -0.05) is 0 Å². The summed E-state index contributed by atoms with van der Waals surface area (Å²) in [4.78, 5) is 15.8. The van der Waals surface area contributed by atoms with E-state index in [1.165, 1.54) is 0 Å². The molecule has 0 aliphatic heterocycles. The standard InChI is InChI=1S/C11H15N3O/c1-8-4-9(6-13-5-8)14-10(15)11(7-12)2-3-11/h4-6H,2-3,7,12H2,1H3,(H,14,15). The molecule has 1 heterocycles. The third-order valence-electron chi connectivity index (χ3n) is 2.86. The van der Waals surface area contributed by atoms with E-state index < -0.39 is 0 Å². The van der Waals surface area contributed by atoms with Crippen molar-refractivity contribution in [1.82, 2.24) is 4.98 Å². The normalized spacial score (nSPS) is 17.2. The van der Waals surface area contributed by atoms with Gasteiger partial charge in [0.25, 0.3) is 0 Å². The Morgan fingerprint density at radius 3 is 2.87 bits per heavy atom. The Bertz CT molecular complexity index is 385. The van der Waals surface area contributed by atoms with Crippen molar-refractivity contribution >= 4 is 11.6 Å². The molecule has 0 saturated heterocycles. The van der Waals surface area contributed by atoms with Crippen LogP contribution >= 0.6 is 0 Å². The molecule has 0 aromatic carbocycles. The number of hydrogen-bond acceptors (Lipinski definition) is 3. The average Bonchev–Trinajstić information content (AvgIpc) is 2.98. The molecule has 0 spiro atoms. The van der Waals surface area contributed by atoms with Crippen LogP contribution in [0.15, 0.2) is 18.5 Å². The van der Waals surface area contributed by atoms with Gasteiger partial charge in [0.1, 0.15) is 0 Å². The summed E-state index contributed by atoms with van der Waals surface area (Å²) in [7, 11) is 0. The van der Waals surface area contributed by atoms with E-state index in [-0.39, 0.29) is 11.3 Å². The maximum Gasteiger partial charge on any atom is 0.231 e. The lowest BCUT2D eigenvalue weighted by molar-refractivity contribution is -0.120. The van der Waals surface area contributed by atoms with Crippen LogP contribution < -0.4 is 11.1 Å². The highest BCUT2D eigenvalue weighted by Crippen LogP contribution is 2.45. The highest BCUT2D eigenvalue weighted by atomic mass is 16.2. The van der Waals surface area contributed by atoms with Gasteiger partial charge in [0.15, 0.2) is 0 Å². The van der Waals surface area contributed by atoms with E-state index in [1.807, 2.05) is 13.0 Å². The first-order chi connectivity index (χ1) is 7.16. The molecule has 4 heteroatoms. The van der Waals surface area contributed by atoms with Crippen molar-refractivity contribution in [1.29, 1.82) is 0 Å². The second-order valence-electron chi connectivity index (χ2n) is 4.19. The Morgan fingerprint density at radius 1 is 1.60 bits per heavy atom. The van der Waals surface area contributed by atoms with E-state index in [9.17, 15) is 4.79 Å². The zero-order valence-electron chi connectivity index (χ0n) is 8.79. The van der Waals surface area contributed by atoms with Gasteiger partial charge in [0, 0.05) is 12.7 Å². The third kappa shape index (κ3) is 1.99. The fourth-order valence-corrected chi connectivity index (χ4v) is 1.56. The molecule has 1 fully saturated rings. The van der Waals surface area contributed by atoms with Gasteiger partial charge in [-0.15, -0.1) is 0 Å². The number of aromatic nitrogens is 1. The number of anilines is 1. The van der Waals surface area contributed by atoms with Crippen molar-refractivity contribution in [3.05, 3.63) is 24.0 Å². The van der Waals surface area contributed by atoms with E-state index in [1.54, 1.807) is 12.4 Å². The number of nitrogens with one attached hydrogen (secondary N) is 1. The molecule has 0 bridgehead atoms. The highest BCUT2D eigenvalue weighted by Gasteiger charge is 2.48. The van der Waals surface area contributed by atoms with E-state index in [4.69, 9.17) is 5.73 Å². The molecular formula is C11H15N3O. The zero-order chi connectivity index (χ0) is 10.9. The van der Waals surface area contributed by atoms with Gasteiger partial charge in [-0.05, 0) is 31.4 Å². The van der Waals surface area contributed by atoms with Gasteiger partial charge in [0.2, 0.25) is 5.91 Å². The predicted molar refractivity (Wildman–Crippen MR) is 58.3 cm³/mol.